The largest absolute Gasteiger partial charge is 0.463 e. The number of esters is 1. The number of rotatable bonds is 5. The summed E-state index contributed by atoms with van der Waals surface area (Å²) in [5.41, 5.74) is 1.72. The van der Waals surface area contributed by atoms with Crippen molar-refractivity contribution in [2.45, 2.75) is 19.9 Å². The molecule has 0 fully saturated rings. The molecule has 1 aliphatic rings. The van der Waals surface area contributed by atoms with Gasteiger partial charge < -0.3 is 4.74 Å². The number of thiazole rings is 1. The number of nitro benzene ring substituents is 1. The molecule has 1 unspecified atom stereocenters. The molecule has 8 nitrogen and oxygen atoms in total. The van der Waals surface area contributed by atoms with E-state index < -0.39 is 16.9 Å². The Bertz CT molecular complexity index is 1450. The Morgan fingerprint density at radius 1 is 1.24 bits per heavy atom. The molecule has 0 amide bonds. The van der Waals surface area contributed by atoms with Crippen molar-refractivity contribution < 1.29 is 14.5 Å². The molecule has 1 atom stereocenters. The first kappa shape index (κ1) is 22.6. The Hall–Kier alpha value is -3.56. The van der Waals surface area contributed by atoms with Crippen LogP contribution < -0.4 is 14.9 Å². The molecular formula is C23H18ClN3O5S. The third-order valence-electron chi connectivity index (χ3n) is 5.10. The Kier molecular flexibility index (Phi) is 6.26. The van der Waals surface area contributed by atoms with Gasteiger partial charge in [-0.15, -0.1) is 0 Å². The Morgan fingerprint density at radius 2 is 1.91 bits per heavy atom. The molecule has 0 aliphatic carbocycles. The van der Waals surface area contributed by atoms with Gasteiger partial charge in [-0.2, -0.15) is 0 Å². The lowest BCUT2D eigenvalue weighted by molar-refractivity contribution is -0.384. The van der Waals surface area contributed by atoms with Crippen LogP contribution in [0.2, 0.25) is 5.02 Å². The van der Waals surface area contributed by atoms with Crippen molar-refractivity contribution in [1.82, 2.24) is 4.57 Å². The molecule has 1 aliphatic heterocycles. The maximum absolute atomic E-state index is 13.4. The number of hydrogen-bond acceptors (Lipinski definition) is 7. The van der Waals surface area contributed by atoms with Crippen molar-refractivity contribution in [3.8, 4) is 0 Å². The first-order valence-corrected chi connectivity index (χ1v) is 11.2. The van der Waals surface area contributed by atoms with Gasteiger partial charge in [-0.25, -0.2) is 9.79 Å². The lowest BCUT2D eigenvalue weighted by Gasteiger charge is -2.24. The molecule has 10 heteroatoms. The first-order chi connectivity index (χ1) is 15.8. The number of aromatic nitrogens is 1. The van der Waals surface area contributed by atoms with Gasteiger partial charge in [0.2, 0.25) is 0 Å². The van der Waals surface area contributed by atoms with E-state index in [1.54, 1.807) is 56.3 Å². The SMILES string of the molecule is CCOC(=O)C1=C(C)N=c2s/c(=C\c3ccc([N+](=O)[O-])cc3)c(=O)n2C1c1ccc(Cl)cc1. The van der Waals surface area contributed by atoms with Gasteiger partial charge >= 0.3 is 5.97 Å². The number of non-ortho nitro benzene ring substituents is 1. The molecule has 0 bridgehead atoms. The normalized spacial score (nSPS) is 15.7. The predicted octanol–water partition coefficient (Wildman–Crippen LogP) is 3.36. The number of benzene rings is 2. The summed E-state index contributed by atoms with van der Waals surface area (Å²) >= 11 is 7.23. The molecule has 4 rings (SSSR count). The van der Waals surface area contributed by atoms with E-state index in [9.17, 15) is 19.7 Å². The van der Waals surface area contributed by atoms with Gasteiger partial charge in [-0.1, -0.05) is 35.1 Å². The van der Waals surface area contributed by atoms with Gasteiger partial charge in [0, 0.05) is 17.2 Å². The number of hydrogen-bond donors (Lipinski definition) is 0. The highest BCUT2D eigenvalue weighted by Crippen LogP contribution is 2.31. The third-order valence-corrected chi connectivity index (χ3v) is 6.34. The van der Waals surface area contributed by atoms with Crippen molar-refractivity contribution in [1.29, 1.82) is 0 Å². The first-order valence-electron chi connectivity index (χ1n) is 9.99. The Balaban J connectivity index is 1.90. The van der Waals surface area contributed by atoms with Crippen LogP contribution in [0.15, 0.2) is 69.6 Å². The number of carbonyl (C=O) groups is 1. The number of ether oxygens (including phenoxy) is 1. The van der Waals surface area contributed by atoms with Gasteiger partial charge in [0.1, 0.15) is 0 Å². The maximum atomic E-state index is 13.4. The van der Waals surface area contributed by atoms with E-state index in [2.05, 4.69) is 4.99 Å². The van der Waals surface area contributed by atoms with Crippen LogP contribution in [0.4, 0.5) is 5.69 Å². The molecule has 3 aromatic rings. The van der Waals surface area contributed by atoms with Crippen molar-refractivity contribution in [3.05, 3.63) is 106 Å². The van der Waals surface area contributed by atoms with Gasteiger partial charge in [-0.05, 0) is 55.3 Å². The summed E-state index contributed by atoms with van der Waals surface area (Å²) in [5.74, 6) is -0.539. The van der Waals surface area contributed by atoms with Crippen LogP contribution in [0.25, 0.3) is 6.08 Å². The highest BCUT2D eigenvalue weighted by Gasteiger charge is 2.33. The average Bonchev–Trinajstić information content (AvgIpc) is 3.08. The number of nitrogens with zero attached hydrogens (tertiary/aromatic N) is 3. The number of fused-ring (bicyclic) bond motifs is 1. The summed E-state index contributed by atoms with van der Waals surface area (Å²) < 4.78 is 7.12. The van der Waals surface area contributed by atoms with Crippen molar-refractivity contribution in [3.63, 3.8) is 0 Å². The smallest absolute Gasteiger partial charge is 0.338 e. The van der Waals surface area contributed by atoms with Crippen molar-refractivity contribution in [2.75, 3.05) is 6.61 Å². The molecule has 2 heterocycles. The van der Waals surface area contributed by atoms with Crippen LogP contribution in [0.5, 0.6) is 0 Å². The molecule has 0 saturated heterocycles. The van der Waals surface area contributed by atoms with Crippen LogP contribution in [0, 0.1) is 10.1 Å². The highest BCUT2D eigenvalue weighted by molar-refractivity contribution is 7.07. The number of halogens is 1. The predicted molar refractivity (Wildman–Crippen MR) is 125 cm³/mol. The van der Waals surface area contributed by atoms with Gasteiger partial charge in [0.05, 0.1) is 33.4 Å². The van der Waals surface area contributed by atoms with Crippen LogP contribution in [0.1, 0.15) is 31.0 Å². The molecule has 168 valence electrons. The standard InChI is InChI=1S/C23H18ClN3O5S/c1-3-32-22(29)19-13(2)25-23-26(20(19)15-6-8-16(24)9-7-15)21(28)18(33-23)12-14-4-10-17(11-5-14)27(30)31/h4-12,20H,3H2,1-2H3/b18-12-. The van der Waals surface area contributed by atoms with Crippen LogP contribution in [-0.2, 0) is 9.53 Å². The molecule has 1 aromatic heterocycles. The lowest BCUT2D eigenvalue weighted by atomic mass is 9.96. The summed E-state index contributed by atoms with van der Waals surface area (Å²) in [6, 6.07) is 12.1. The molecule has 2 aromatic carbocycles. The van der Waals surface area contributed by atoms with Gasteiger partial charge in [0.15, 0.2) is 4.80 Å². The van der Waals surface area contributed by atoms with Gasteiger partial charge in [0.25, 0.3) is 11.2 Å². The van der Waals surface area contributed by atoms with Gasteiger partial charge in [-0.3, -0.25) is 19.5 Å². The summed E-state index contributed by atoms with van der Waals surface area (Å²) in [6.07, 6.45) is 1.65. The third kappa shape index (κ3) is 4.37. The minimum Gasteiger partial charge on any atom is -0.463 e. The monoisotopic (exact) mass is 483 g/mol. The second-order valence-electron chi connectivity index (χ2n) is 7.20. The van der Waals surface area contributed by atoms with Crippen molar-refractivity contribution in [2.24, 2.45) is 4.99 Å². The molecule has 33 heavy (non-hydrogen) atoms. The summed E-state index contributed by atoms with van der Waals surface area (Å²) in [7, 11) is 0. The van der Waals surface area contributed by atoms with E-state index in [0.717, 1.165) is 0 Å². The van der Waals surface area contributed by atoms with E-state index >= 15 is 0 Å². The fraction of sp³-hybridized carbons (Fsp3) is 0.174. The quantitative estimate of drug-likeness (QED) is 0.314. The Labute approximate surface area is 196 Å². The summed E-state index contributed by atoms with van der Waals surface area (Å²) in [5, 5.41) is 11.4. The average molecular weight is 484 g/mol. The topological polar surface area (TPSA) is 104 Å². The fourth-order valence-electron chi connectivity index (χ4n) is 3.60. The van der Waals surface area contributed by atoms with Crippen molar-refractivity contribution >= 4 is 40.7 Å². The zero-order valence-electron chi connectivity index (χ0n) is 17.6. The highest BCUT2D eigenvalue weighted by atomic mass is 35.5. The molecule has 0 N–H and O–H groups in total. The zero-order valence-corrected chi connectivity index (χ0v) is 19.2. The zero-order chi connectivity index (χ0) is 23.7. The summed E-state index contributed by atoms with van der Waals surface area (Å²) in [4.78, 5) is 41.6. The number of allylic oxidation sites excluding steroid dienone is 1. The van der Waals surface area contributed by atoms with E-state index in [-0.39, 0.29) is 23.4 Å². The molecule has 0 radical (unpaired) electrons. The lowest BCUT2D eigenvalue weighted by Crippen LogP contribution is -2.39. The minimum atomic E-state index is -0.725. The van der Waals surface area contributed by atoms with Crippen LogP contribution in [0.3, 0.4) is 0 Å². The van der Waals surface area contributed by atoms with Crippen LogP contribution in [-0.4, -0.2) is 22.1 Å². The van der Waals surface area contributed by atoms with E-state index in [1.807, 2.05) is 0 Å². The fourth-order valence-corrected chi connectivity index (χ4v) is 4.77. The molecular weight excluding hydrogens is 466 g/mol. The molecule has 0 saturated carbocycles. The Morgan fingerprint density at radius 3 is 2.52 bits per heavy atom. The minimum absolute atomic E-state index is 0.0361. The molecule has 0 spiro atoms. The van der Waals surface area contributed by atoms with E-state index in [1.165, 1.54) is 28.0 Å². The number of nitro groups is 1. The number of carbonyl (C=O) groups excluding carboxylic acids is 1. The second-order valence-corrected chi connectivity index (χ2v) is 8.65. The van der Waals surface area contributed by atoms with Crippen LogP contribution >= 0.6 is 22.9 Å². The maximum Gasteiger partial charge on any atom is 0.338 e. The van der Waals surface area contributed by atoms with E-state index in [4.69, 9.17) is 16.3 Å². The van der Waals surface area contributed by atoms with E-state index in [0.29, 0.717) is 31.2 Å². The second kappa shape index (κ2) is 9.13. The summed E-state index contributed by atoms with van der Waals surface area (Å²) in [6.45, 7) is 3.61.